The van der Waals surface area contributed by atoms with Crippen LogP contribution in [0.25, 0.3) is 0 Å². The third-order valence-corrected chi connectivity index (χ3v) is 3.24. The quantitative estimate of drug-likeness (QED) is 0.741. The second kappa shape index (κ2) is 7.40. The molecule has 1 heterocycles. The van der Waals surface area contributed by atoms with Crippen molar-refractivity contribution in [1.29, 1.82) is 0 Å². The zero-order valence-corrected chi connectivity index (χ0v) is 13.3. The molecule has 8 heteroatoms. The number of aromatic nitrogens is 2. The normalized spacial score (nSPS) is 10.2. The second-order valence-electron chi connectivity index (χ2n) is 5.10. The van der Waals surface area contributed by atoms with Crippen LogP contribution in [-0.4, -0.2) is 39.7 Å². The number of anilines is 1. The van der Waals surface area contributed by atoms with Crippen LogP contribution in [-0.2, 0) is 22.6 Å². The summed E-state index contributed by atoms with van der Waals surface area (Å²) in [5.41, 5.74) is 1.07. The summed E-state index contributed by atoms with van der Waals surface area (Å²) in [5.74, 6) is -0.724. The molecule has 0 aliphatic rings. The lowest BCUT2D eigenvalue weighted by Gasteiger charge is -2.09. The summed E-state index contributed by atoms with van der Waals surface area (Å²) < 4.78 is 6.41. The van der Waals surface area contributed by atoms with Crippen LogP contribution in [0.1, 0.15) is 22.8 Å². The molecular weight excluding hydrogens is 314 g/mol. The van der Waals surface area contributed by atoms with E-state index in [0.717, 1.165) is 0 Å². The number of carboxylic acid groups (broad SMARTS) is 1. The van der Waals surface area contributed by atoms with Gasteiger partial charge in [0.1, 0.15) is 12.3 Å². The smallest absolute Gasteiger partial charge is 0.325 e. The van der Waals surface area contributed by atoms with E-state index < -0.39 is 5.97 Å². The largest absolute Gasteiger partial charge is 0.496 e. The minimum absolute atomic E-state index is 0.00389. The first-order valence-corrected chi connectivity index (χ1v) is 7.12. The van der Waals surface area contributed by atoms with Gasteiger partial charge in [0.15, 0.2) is 11.6 Å². The Morgan fingerprint density at radius 2 is 2.04 bits per heavy atom. The molecule has 2 rings (SSSR count). The van der Waals surface area contributed by atoms with Gasteiger partial charge >= 0.3 is 5.97 Å². The van der Waals surface area contributed by atoms with Crippen molar-refractivity contribution >= 4 is 23.5 Å². The fourth-order valence-electron chi connectivity index (χ4n) is 2.15. The number of methoxy groups -OCH3 is 1. The number of aliphatic carboxylic acids is 1. The van der Waals surface area contributed by atoms with E-state index in [1.54, 1.807) is 18.2 Å². The van der Waals surface area contributed by atoms with E-state index in [9.17, 15) is 14.4 Å². The van der Waals surface area contributed by atoms with Gasteiger partial charge in [-0.3, -0.25) is 19.1 Å². The number of amides is 1. The molecule has 2 N–H and O–H groups in total. The van der Waals surface area contributed by atoms with Gasteiger partial charge in [-0.15, -0.1) is 0 Å². The zero-order valence-electron chi connectivity index (χ0n) is 13.3. The number of rotatable bonds is 7. The Labute approximate surface area is 138 Å². The molecule has 0 atom stereocenters. The molecule has 24 heavy (non-hydrogen) atoms. The van der Waals surface area contributed by atoms with E-state index in [0.29, 0.717) is 16.9 Å². The standard InChI is InChI=1S/C16H17N3O5/c1-10(20)11-3-4-13(24-2)12(7-11)8-15(21)17-14-5-6-19(18-14)9-16(22)23/h3-7H,8-9H2,1-2H3,(H,22,23)(H,17,18,21). The fourth-order valence-corrected chi connectivity index (χ4v) is 2.15. The van der Waals surface area contributed by atoms with Gasteiger partial charge in [0.05, 0.1) is 13.5 Å². The molecule has 0 aliphatic heterocycles. The molecular formula is C16H17N3O5. The van der Waals surface area contributed by atoms with Crippen molar-refractivity contribution in [2.45, 2.75) is 19.9 Å². The van der Waals surface area contributed by atoms with Crippen LogP contribution >= 0.6 is 0 Å². The minimum Gasteiger partial charge on any atom is -0.496 e. The number of nitrogens with one attached hydrogen (secondary N) is 1. The Bertz CT molecular complexity index is 782. The molecule has 0 radical (unpaired) electrons. The minimum atomic E-state index is -1.03. The molecule has 0 saturated heterocycles. The van der Waals surface area contributed by atoms with Crippen LogP contribution in [0.15, 0.2) is 30.5 Å². The third kappa shape index (κ3) is 4.42. The predicted octanol–water partition coefficient (Wildman–Crippen LogP) is 1.36. The van der Waals surface area contributed by atoms with E-state index >= 15 is 0 Å². The van der Waals surface area contributed by atoms with E-state index in [2.05, 4.69) is 10.4 Å². The highest BCUT2D eigenvalue weighted by molar-refractivity contribution is 5.96. The summed E-state index contributed by atoms with van der Waals surface area (Å²) in [5, 5.41) is 15.2. The molecule has 0 saturated carbocycles. The molecule has 0 aliphatic carbocycles. The second-order valence-corrected chi connectivity index (χ2v) is 5.10. The van der Waals surface area contributed by atoms with E-state index in [1.165, 1.54) is 31.0 Å². The SMILES string of the molecule is COc1ccc(C(C)=O)cc1CC(=O)Nc1ccn(CC(=O)O)n1. The topological polar surface area (TPSA) is 111 Å². The molecule has 0 bridgehead atoms. The fraction of sp³-hybridized carbons (Fsp3) is 0.250. The van der Waals surface area contributed by atoms with Gasteiger partial charge in [0, 0.05) is 23.4 Å². The van der Waals surface area contributed by atoms with Gasteiger partial charge in [0.2, 0.25) is 5.91 Å². The Morgan fingerprint density at radius 1 is 1.29 bits per heavy atom. The van der Waals surface area contributed by atoms with Gasteiger partial charge in [-0.1, -0.05) is 0 Å². The highest BCUT2D eigenvalue weighted by Gasteiger charge is 2.13. The van der Waals surface area contributed by atoms with E-state index in [-0.39, 0.29) is 30.5 Å². The van der Waals surface area contributed by atoms with Crippen molar-refractivity contribution < 1.29 is 24.2 Å². The van der Waals surface area contributed by atoms with Crippen molar-refractivity contribution in [3.63, 3.8) is 0 Å². The molecule has 1 amide bonds. The lowest BCUT2D eigenvalue weighted by molar-refractivity contribution is -0.137. The molecule has 1 aromatic heterocycles. The average Bonchev–Trinajstić information content (AvgIpc) is 2.93. The number of carbonyl (C=O) groups excluding carboxylic acids is 2. The Kier molecular flexibility index (Phi) is 5.31. The number of hydrogen-bond donors (Lipinski definition) is 2. The van der Waals surface area contributed by atoms with Crippen molar-refractivity contribution in [3.8, 4) is 5.75 Å². The predicted molar refractivity (Wildman–Crippen MR) is 85.2 cm³/mol. The first-order valence-electron chi connectivity index (χ1n) is 7.12. The maximum Gasteiger partial charge on any atom is 0.325 e. The van der Waals surface area contributed by atoms with Gasteiger partial charge in [0.25, 0.3) is 0 Å². The molecule has 0 spiro atoms. The molecule has 0 unspecified atom stereocenters. The molecule has 1 aromatic carbocycles. The number of nitrogens with zero attached hydrogens (tertiary/aromatic N) is 2. The summed E-state index contributed by atoms with van der Waals surface area (Å²) >= 11 is 0. The maximum absolute atomic E-state index is 12.1. The summed E-state index contributed by atoms with van der Waals surface area (Å²) in [4.78, 5) is 34.2. The van der Waals surface area contributed by atoms with Gasteiger partial charge < -0.3 is 15.2 Å². The Balaban J connectivity index is 2.09. The number of Topliss-reactive ketones (excluding diaryl/α,β-unsaturated/α-hetero) is 1. The summed E-state index contributed by atoms with van der Waals surface area (Å²) in [7, 11) is 1.48. The summed E-state index contributed by atoms with van der Waals surface area (Å²) in [6.45, 7) is 1.16. The summed E-state index contributed by atoms with van der Waals surface area (Å²) in [6, 6.07) is 6.39. The van der Waals surface area contributed by atoms with Gasteiger partial charge in [-0.05, 0) is 25.1 Å². The first kappa shape index (κ1) is 17.2. The Hall–Kier alpha value is -3.16. The highest BCUT2D eigenvalue weighted by atomic mass is 16.5. The van der Waals surface area contributed by atoms with Gasteiger partial charge in [-0.2, -0.15) is 5.10 Å². The van der Waals surface area contributed by atoms with Crippen molar-refractivity contribution in [1.82, 2.24) is 9.78 Å². The first-order chi connectivity index (χ1) is 11.4. The van der Waals surface area contributed by atoms with Gasteiger partial charge in [-0.25, -0.2) is 0 Å². The number of hydrogen-bond acceptors (Lipinski definition) is 5. The van der Waals surface area contributed by atoms with Crippen molar-refractivity contribution in [3.05, 3.63) is 41.6 Å². The number of carbonyl (C=O) groups is 3. The zero-order chi connectivity index (χ0) is 17.7. The highest BCUT2D eigenvalue weighted by Crippen LogP contribution is 2.21. The third-order valence-electron chi connectivity index (χ3n) is 3.24. The molecule has 8 nitrogen and oxygen atoms in total. The van der Waals surface area contributed by atoms with Crippen molar-refractivity contribution in [2.24, 2.45) is 0 Å². The molecule has 0 fully saturated rings. The maximum atomic E-state index is 12.1. The van der Waals surface area contributed by atoms with Crippen LogP contribution in [0.3, 0.4) is 0 Å². The molecule has 126 valence electrons. The van der Waals surface area contributed by atoms with E-state index in [1.807, 2.05) is 0 Å². The van der Waals surface area contributed by atoms with Crippen LogP contribution < -0.4 is 10.1 Å². The number of carboxylic acids is 1. The van der Waals surface area contributed by atoms with Crippen LogP contribution in [0, 0.1) is 0 Å². The number of ether oxygens (including phenoxy) is 1. The molecule has 2 aromatic rings. The Morgan fingerprint density at radius 3 is 2.67 bits per heavy atom. The lowest BCUT2D eigenvalue weighted by Crippen LogP contribution is -2.16. The van der Waals surface area contributed by atoms with Crippen LogP contribution in [0.4, 0.5) is 5.82 Å². The van der Waals surface area contributed by atoms with Crippen LogP contribution in [0.5, 0.6) is 5.75 Å². The summed E-state index contributed by atoms with van der Waals surface area (Å²) in [6.07, 6.45) is 1.46. The number of ketones is 1. The average molecular weight is 331 g/mol. The van der Waals surface area contributed by atoms with E-state index in [4.69, 9.17) is 9.84 Å². The van der Waals surface area contributed by atoms with Crippen molar-refractivity contribution in [2.75, 3.05) is 12.4 Å². The monoisotopic (exact) mass is 331 g/mol. The number of benzene rings is 1. The lowest BCUT2D eigenvalue weighted by atomic mass is 10.0. The van der Waals surface area contributed by atoms with Crippen LogP contribution in [0.2, 0.25) is 0 Å².